The number of aryl methyl sites for hydroxylation is 1. The number of non-ortho nitro benzene ring substituents is 1. The maximum absolute atomic E-state index is 13.6. The van der Waals surface area contributed by atoms with Crippen molar-refractivity contribution >= 4 is 34.7 Å². The van der Waals surface area contributed by atoms with Crippen LogP contribution in [0.5, 0.6) is 11.5 Å². The molecule has 1 N–H and O–H groups in total. The molecule has 0 unspecified atom stereocenters. The number of nitro benzene ring substituents is 1. The molecule has 1 heterocycles. The van der Waals surface area contributed by atoms with Gasteiger partial charge in [0.1, 0.15) is 11.5 Å². The lowest BCUT2D eigenvalue weighted by Gasteiger charge is -2.31. The molecule has 1 aliphatic heterocycles. The van der Waals surface area contributed by atoms with Crippen LogP contribution in [0.15, 0.2) is 64.4 Å². The van der Waals surface area contributed by atoms with E-state index in [1.807, 2.05) is 51.1 Å². The second kappa shape index (κ2) is 12.7. The summed E-state index contributed by atoms with van der Waals surface area (Å²) >= 11 is 1.37. The third-order valence-electron chi connectivity index (χ3n) is 5.93. The first kappa shape index (κ1) is 27.3. The van der Waals surface area contributed by atoms with E-state index >= 15 is 0 Å². The van der Waals surface area contributed by atoms with Gasteiger partial charge in [0, 0.05) is 47.1 Å². The van der Waals surface area contributed by atoms with Gasteiger partial charge >= 0.3 is 0 Å². The summed E-state index contributed by atoms with van der Waals surface area (Å²) in [5, 5.41) is 14.4. The molecular weight excluding hydrogens is 506 g/mol. The summed E-state index contributed by atoms with van der Waals surface area (Å²) in [5.41, 5.74) is 2.44. The minimum Gasteiger partial charge on any atom is -0.492 e. The molecule has 0 aromatic heterocycles. The number of benzene rings is 3. The van der Waals surface area contributed by atoms with Crippen LogP contribution >= 0.6 is 11.8 Å². The number of carbonyl (C=O) groups is 1. The summed E-state index contributed by atoms with van der Waals surface area (Å²) in [4.78, 5) is 28.3. The average Bonchev–Trinajstić information content (AvgIpc) is 2.92. The van der Waals surface area contributed by atoms with Crippen molar-refractivity contribution in [2.75, 3.05) is 49.7 Å². The molecule has 0 bridgehead atoms. The monoisotopic (exact) mass is 537 g/mol. The molecule has 0 spiro atoms. The number of carbonyl (C=O) groups excluding carboxylic acids is 1. The Labute approximate surface area is 226 Å². The number of anilines is 2. The Morgan fingerprint density at radius 2 is 1.71 bits per heavy atom. The largest absolute Gasteiger partial charge is 0.492 e. The van der Waals surface area contributed by atoms with Crippen molar-refractivity contribution in [3.8, 4) is 11.5 Å². The van der Waals surface area contributed by atoms with Gasteiger partial charge in [0.2, 0.25) is 0 Å². The van der Waals surface area contributed by atoms with Crippen LogP contribution in [0, 0.1) is 17.0 Å². The van der Waals surface area contributed by atoms with Crippen LogP contribution in [-0.2, 0) is 4.74 Å². The van der Waals surface area contributed by atoms with E-state index in [2.05, 4.69) is 10.2 Å². The van der Waals surface area contributed by atoms with Crippen LogP contribution < -0.4 is 19.7 Å². The normalized spacial score (nSPS) is 13.2. The maximum Gasteiger partial charge on any atom is 0.270 e. The van der Waals surface area contributed by atoms with Gasteiger partial charge in [-0.15, -0.1) is 0 Å². The molecule has 200 valence electrons. The van der Waals surface area contributed by atoms with Crippen molar-refractivity contribution in [2.45, 2.75) is 30.6 Å². The molecule has 3 aromatic rings. The number of nitro groups is 1. The molecule has 1 amide bonds. The predicted octanol–water partition coefficient (Wildman–Crippen LogP) is 5.94. The van der Waals surface area contributed by atoms with Crippen LogP contribution in [-0.4, -0.2) is 50.3 Å². The molecule has 10 heteroatoms. The van der Waals surface area contributed by atoms with Crippen molar-refractivity contribution in [2.24, 2.45) is 0 Å². The number of hydrogen-bond acceptors (Lipinski definition) is 8. The SMILES string of the molecule is CCOc1cc(N2CCOCC2)c(OCC)cc1NC(=O)c1cc([N+](=O)[O-])ccc1Sc1ccc(C)cc1. The molecule has 9 nitrogen and oxygen atoms in total. The van der Waals surface area contributed by atoms with E-state index in [1.165, 1.54) is 23.9 Å². The van der Waals surface area contributed by atoms with Gasteiger partial charge in [-0.3, -0.25) is 14.9 Å². The summed E-state index contributed by atoms with van der Waals surface area (Å²) in [6, 6.07) is 15.8. The lowest BCUT2D eigenvalue weighted by atomic mass is 10.1. The number of rotatable bonds is 10. The highest BCUT2D eigenvalue weighted by atomic mass is 32.2. The summed E-state index contributed by atoms with van der Waals surface area (Å²) in [6.07, 6.45) is 0. The molecule has 38 heavy (non-hydrogen) atoms. The zero-order valence-corrected chi connectivity index (χ0v) is 22.5. The fraction of sp³-hybridized carbons (Fsp3) is 0.321. The first-order chi connectivity index (χ1) is 18.4. The fourth-order valence-corrected chi connectivity index (χ4v) is 4.99. The Morgan fingerprint density at radius 1 is 1.03 bits per heavy atom. The molecule has 0 aliphatic carbocycles. The zero-order chi connectivity index (χ0) is 27.1. The van der Waals surface area contributed by atoms with E-state index in [9.17, 15) is 14.9 Å². The number of hydrogen-bond donors (Lipinski definition) is 1. The molecule has 0 radical (unpaired) electrons. The molecular formula is C28H31N3O6S. The first-order valence-electron chi connectivity index (χ1n) is 12.5. The van der Waals surface area contributed by atoms with Crippen LogP contribution in [0.3, 0.4) is 0 Å². The molecule has 1 aliphatic rings. The van der Waals surface area contributed by atoms with Crippen molar-refractivity contribution in [1.82, 2.24) is 0 Å². The number of ether oxygens (including phenoxy) is 3. The zero-order valence-electron chi connectivity index (χ0n) is 21.7. The van der Waals surface area contributed by atoms with Crippen molar-refractivity contribution in [3.05, 3.63) is 75.8 Å². The van der Waals surface area contributed by atoms with Gasteiger partial charge in [-0.25, -0.2) is 0 Å². The van der Waals surface area contributed by atoms with Crippen LogP contribution in [0.4, 0.5) is 17.1 Å². The molecule has 1 fully saturated rings. The van der Waals surface area contributed by atoms with Crippen molar-refractivity contribution in [3.63, 3.8) is 0 Å². The lowest BCUT2D eigenvalue weighted by Crippen LogP contribution is -2.36. The summed E-state index contributed by atoms with van der Waals surface area (Å²) < 4.78 is 17.3. The fourth-order valence-electron chi connectivity index (χ4n) is 4.07. The van der Waals surface area contributed by atoms with Gasteiger partial charge < -0.3 is 24.4 Å². The third kappa shape index (κ3) is 6.56. The van der Waals surface area contributed by atoms with Crippen molar-refractivity contribution in [1.29, 1.82) is 0 Å². The Balaban J connectivity index is 1.70. The number of nitrogens with zero attached hydrogens (tertiary/aromatic N) is 2. The highest BCUT2D eigenvalue weighted by molar-refractivity contribution is 7.99. The van der Waals surface area contributed by atoms with Crippen molar-refractivity contribution < 1.29 is 23.9 Å². The minimum absolute atomic E-state index is 0.161. The number of morpholine rings is 1. The Morgan fingerprint density at radius 3 is 2.37 bits per heavy atom. The standard InChI is InChI=1S/C28H31N3O6S/c1-4-36-25-18-24(30-12-14-35-15-13-30)26(37-5-2)17-23(25)29-28(32)22-16-20(31(33)34)8-11-27(22)38-21-9-6-19(3)7-10-21/h6-11,16-18H,4-5,12-15H2,1-3H3,(H,29,32). The highest BCUT2D eigenvalue weighted by Crippen LogP contribution is 2.40. The maximum atomic E-state index is 13.6. The van der Waals surface area contributed by atoms with Gasteiger partial charge in [0.15, 0.2) is 0 Å². The highest BCUT2D eigenvalue weighted by Gasteiger charge is 2.23. The number of amides is 1. The summed E-state index contributed by atoms with van der Waals surface area (Å²) in [6.45, 7) is 9.25. The van der Waals surface area contributed by atoms with Gasteiger partial charge in [-0.05, 0) is 39.0 Å². The van der Waals surface area contributed by atoms with E-state index in [4.69, 9.17) is 14.2 Å². The summed E-state index contributed by atoms with van der Waals surface area (Å²) in [7, 11) is 0. The van der Waals surface area contributed by atoms with Gasteiger partial charge in [-0.2, -0.15) is 0 Å². The van der Waals surface area contributed by atoms with Gasteiger partial charge in [0.25, 0.3) is 11.6 Å². The van der Waals surface area contributed by atoms with Crippen LogP contribution in [0.1, 0.15) is 29.8 Å². The molecule has 1 saturated heterocycles. The average molecular weight is 538 g/mol. The van der Waals surface area contributed by atoms with E-state index < -0.39 is 10.8 Å². The van der Waals surface area contributed by atoms with Crippen LogP contribution in [0.25, 0.3) is 0 Å². The quantitative estimate of drug-likeness (QED) is 0.250. The third-order valence-corrected chi connectivity index (χ3v) is 7.01. The van der Waals surface area contributed by atoms with E-state index in [-0.39, 0.29) is 11.3 Å². The van der Waals surface area contributed by atoms with Gasteiger partial charge in [-0.1, -0.05) is 29.5 Å². The molecule has 3 aromatic carbocycles. The molecule has 0 saturated carbocycles. The first-order valence-corrected chi connectivity index (χ1v) is 13.3. The topological polar surface area (TPSA) is 103 Å². The Kier molecular flexibility index (Phi) is 9.09. The second-order valence-electron chi connectivity index (χ2n) is 8.59. The Hall–Kier alpha value is -3.76. The van der Waals surface area contributed by atoms with Crippen LogP contribution in [0.2, 0.25) is 0 Å². The van der Waals surface area contributed by atoms with E-state index in [0.29, 0.717) is 61.6 Å². The van der Waals surface area contributed by atoms with Gasteiger partial charge in [0.05, 0.1) is 48.3 Å². The second-order valence-corrected chi connectivity index (χ2v) is 9.70. The summed E-state index contributed by atoms with van der Waals surface area (Å²) in [5.74, 6) is 0.622. The Bertz CT molecular complexity index is 1290. The minimum atomic E-state index is -0.507. The number of nitrogens with one attached hydrogen (secondary N) is 1. The van der Waals surface area contributed by atoms with E-state index in [1.54, 1.807) is 12.1 Å². The lowest BCUT2D eigenvalue weighted by molar-refractivity contribution is -0.384. The molecule has 0 atom stereocenters. The molecule has 4 rings (SSSR count). The smallest absolute Gasteiger partial charge is 0.270 e. The van der Waals surface area contributed by atoms with E-state index in [0.717, 1.165) is 16.1 Å². The predicted molar refractivity (Wildman–Crippen MR) is 148 cm³/mol.